The van der Waals surface area contributed by atoms with Gasteiger partial charge < -0.3 is 9.88 Å². The summed E-state index contributed by atoms with van der Waals surface area (Å²) in [5, 5.41) is 3.38. The number of anilines is 2. The summed E-state index contributed by atoms with van der Waals surface area (Å²) in [5.41, 5.74) is 2.53. The zero-order valence-electron chi connectivity index (χ0n) is 10.9. The molecule has 0 atom stereocenters. The summed E-state index contributed by atoms with van der Waals surface area (Å²) < 4.78 is 1.97. The summed E-state index contributed by atoms with van der Waals surface area (Å²) in [5.74, 6) is 0.863. The van der Waals surface area contributed by atoms with Crippen molar-refractivity contribution in [1.29, 1.82) is 0 Å². The van der Waals surface area contributed by atoms with E-state index >= 15 is 0 Å². The van der Waals surface area contributed by atoms with Gasteiger partial charge in [-0.05, 0) is 17.0 Å². The molecule has 0 bridgehead atoms. The molecule has 1 N–H and O–H groups in total. The molecular weight excluding hydrogens is 210 g/mol. The number of hydrogen-bond acceptors (Lipinski definition) is 2. The highest BCUT2D eigenvalue weighted by atomic mass is 15.2. The monoisotopic (exact) mass is 229 g/mol. The van der Waals surface area contributed by atoms with Crippen LogP contribution in [0.1, 0.15) is 26.3 Å². The van der Waals surface area contributed by atoms with Crippen LogP contribution < -0.4 is 5.32 Å². The largest absolute Gasteiger partial charge is 0.325 e. The number of aryl methyl sites for hydroxylation is 1. The van der Waals surface area contributed by atoms with Gasteiger partial charge in [-0.3, -0.25) is 0 Å². The van der Waals surface area contributed by atoms with Crippen LogP contribution in [-0.4, -0.2) is 9.55 Å². The molecular formula is C14H19N3. The van der Waals surface area contributed by atoms with Crippen molar-refractivity contribution in [2.45, 2.75) is 26.2 Å². The first kappa shape index (κ1) is 11.7. The quantitative estimate of drug-likeness (QED) is 0.854. The third kappa shape index (κ3) is 2.49. The molecule has 3 nitrogen and oxygen atoms in total. The van der Waals surface area contributed by atoms with E-state index in [4.69, 9.17) is 0 Å². The van der Waals surface area contributed by atoms with Crippen molar-refractivity contribution in [2.24, 2.45) is 7.05 Å². The Bertz CT molecular complexity index is 506. The molecule has 90 valence electrons. The Labute approximate surface area is 103 Å². The smallest absolute Gasteiger partial charge is 0.207 e. The van der Waals surface area contributed by atoms with E-state index in [-0.39, 0.29) is 5.41 Å². The van der Waals surface area contributed by atoms with E-state index in [0.29, 0.717) is 0 Å². The van der Waals surface area contributed by atoms with E-state index in [1.54, 1.807) is 6.20 Å². The van der Waals surface area contributed by atoms with Crippen molar-refractivity contribution in [3.05, 3.63) is 42.2 Å². The maximum atomic E-state index is 4.29. The van der Waals surface area contributed by atoms with Gasteiger partial charge in [0.05, 0.1) is 0 Å². The number of aromatic nitrogens is 2. The van der Waals surface area contributed by atoms with Crippen molar-refractivity contribution in [1.82, 2.24) is 9.55 Å². The van der Waals surface area contributed by atoms with Crippen LogP contribution in [0.15, 0.2) is 36.7 Å². The Kier molecular flexibility index (Phi) is 2.92. The van der Waals surface area contributed by atoms with Crippen molar-refractivity contribution < 1.29 is 0 Å². The third-order valence-corrected chi connectivity index (χ3v) is 2.80. The van der Waals surface area contributed by atoms with Crippen molar-refractivity contribution in [2.75, 3.05) is 5.32 Å². The Morgan fingerprint density at radius 1 is 1.18 bits per heavy atom. The number of nitrogens with zero attached hydrogens (tertiary/aromatic N) is 2. The minimum atomic E-state index is 0.120. The van der Waals surface area contributed by atoms with Gasteiger partial charge in [0.2, 0.25) is 5.95 Å². The first-order valence-corrected chi connectivity index (χ1v) is 5.82. The molecule has 0 amide bonds. The zero-order valence-corrected chi connectivity index (χ0v) is 10.9. The van der Waals surface area contributed by atoms with Gasteiger partial charge in [0.1, 0.15) is 0 Å². The Morgan fingerprint density at radius 2 is 1.88 bits per heavy atom. The molecule has 17 heavy (non-hydrogen) atoms. The van der Waals surface area contributed by atoms with E-state index in [0.717, 1.165) is 11.6 Å². The summed E-state index contributed by atoms with van der Waals surface area (Å²) in [7, 11) is 1.98. The molecule has 1 aromatic carbocycles. The zero-order chi connectivity index (χ0) is 12.5. The molecule has 1 heterocycles. The summed E-state index contributed by atoms with van der Waals surface area (Å²) in [6.45, 7) is 6.64. The predicted octanol–water partition coefficient (Wildman–Crippen LogP) is 3.46. The third-order valence-electron chi connectivity index (χ3n) is 2.80. The Hall–Kier alpha value is -1.77. The average Bonchev–Trinajstić information content (AvgIpc) is 2.64. The lowest BCUT2D eigenvalue weighted by Crippen LogP contribution is -2.14. The predicted molar refractivity (Wildman–Crippen MR) is 71.6 cm³/mol. The molecule has 2 aromatic rings. The molecule has 0 saturated heterocycles. The SMILES string of the molecule is Cn1ccnc1Nc1ccccc1C(C)(C)C. The fourth-order valence-corrected chi connectivity index (χ4v) is 1.85. The number of para-hydroxylation sites is 1. The highest BCUT2D eigenvalue weighted by molar-refractivity contribution is 5.60. The summed E-state index contributed by atoms with van der Waals surface area (Å²) in [6, 6.07) is 8.37. The van der Waals surface area contributed by atoms with E-state index in [1.807, 2.05) is 23.9 Å². The van der Waals surface area contributed by atoms with Crippen LogP contribution in [0.5, 0.6) is 0 Å². The molecule has 2 rings (SSSR count). The van der Waals surface area contributed by atoms with E-state index in [9.17, 15) is 0 Å². The lowest BCUT2D eigenvalue weighted by atomic mass is 9.86. The Morgan fingerprint density at radius 3 is 2.47 bits per heavy atom. The molecule has 0 aliphatic rings. The van der Waals surface area contributed by atoms with Gasteiger partial charge >= 0.3 is 0 Å². The van der Waals surface area contributed by atoms with Gasteiger partial charge in [0, 0.05) is 25.1 Å². The van der Waals surface area contributed by atoms with Crippen LogP contribution in [0, 0.1) is 0 Å². The molecule has 0 radical (unpaired) electrons. The molecule has 0 fully saturated rings. The normalized spacial score (nSPS) is 11.5. The minimum absolute atomic E-state index is 0.120. The highest BCUT2D eigenvalue weighted by Crippen LogP contribution is 2.30. The highest BCUT2D eigenvalue weighted by Gasteiger charge is 2.17. The standard InChI is InChI=1S/C14H19N3/c1-14(2,3)11-7-5-6-8-12(11)16-13-15-9-10-17(13)4/h5-10H,1-4H3,(H,15,16). The molecule has 0 unspecified atom stereocenters. The first-order chi connectivity index (χ1) is 7.98. The summed E-state index contributed by atoms with van der Waals surface area (Å²) >= 11 is 0. The van der Waals surface area contributed by atoms with E-state index < -0.39 is 0 Å². The lowest BCUT2D eigenvalue weighted by molar-refractivity contribution is 0.592. The molecule has 0 aliphatic heterocycles. The maximum absolute atomic E-state index is 4.29. The van der Waals surface area contributed by atoms with Crippen LogP contribution in [0.2, 0.25) is 0 Å². The fourth-order valence-electron chi connectivity index (χ4n) is 1.85. The van der Waals surface area contributed by atoms with Gasteiger partial charge in [0.25, 0.3) is 0 Å². The fraction of sp³-hybridized carbons (Fsp3) is 0.357. The van der Waals surface area contributed by atoms with E-state index in [1.165, 1.54) is 5.56 Å². The topological polar surface area (TPSA) is 29.9 Å². The molecule has 1 aromatic heterocycles. The molecule has 0 aliphatic carbocycles. The maximum Gasteiger partial charge on any atom is 0.207 e. The number of nitrogens with one attached hydrogen (secondary N) is 1. The second kappa shape index (κ2) is 4.24. The van der Waals surface area contributed by atoms with Crippen molar-refractivity contribution in [3.63, 3.8) is 0 Å². The number of rotatable bonds is 2. The molecule has 3 heteroatoms. The van der Waals surface area contributed by atoms with Crippen LogP contribution >= 0.6 is 0 Å². The minimum Gasteiger partial charge on any atom is -0.325 e. The lowest BCUT2D eigenvalue weighted by Gasteiger charge is -2.23. The molecule has 0 spiro atoms. The van der Waals surface area contributed by atoms with Crippen molar-refractivity contribution in [3.8, 4) is 0 Å². The van der Waals surface area contributed by atoms with Crippen molar-refractivity contribution >= 4 is 11.6 Å². The number of hydrogen-bond donors (Lipinski definition) is 1. The van der Waals surface area contributed by atoms with Gasteiger partial charge in [-0.25, -0.2) is 4.98 Å². The second-order valence-corrected chi connectivity index (χ2v) is 5.28. The number of benzene rings is 1. The second-order valence-electron chi connectivity index (χ2n) is 5.28. The van der Waals surface area contributed by atoms with Gasteiger partial charge in [-0.1, -0.05) is 39.0 Å². The molecule has 0 saturated carbocycles. The van der Waals surface area contributed by atoms with Crippen LogP contribution in [-0.2, 0) is 12.5 Å². The van der Waals surface area contributed by atoms with Gasteiger partial charge in [-0.2, -0.15) is 0 Å². The van der Waals surface area contributed by atoms with Crippen LogP contribution in [0.4, 0.5) is 11.6 Å². The van der Waals surface area contributed by atoms with Gasteiger partial charge in [0.15, 0.2) is 0 Å². The summed E-state index contributed by atoms with van der Waals surface area (Å²) in [6.07, 6.45) is 3.73. The van der Waals surface area contributed by atoms with Crippen LogP contribution in [0.25, 0.3) is 0 Å². The Balaban J connectivity index is 2.37. The van der Waals surface area contributed by atoms with Crippen LogP contribution in [0.3, 0.4) is 0 Å². The van der Waals surface area contributed by atoms with E-state index in [2.05, 4.69) is 49.3 Å². The first-order valence-electron chi connectivity index (χ1n) is 5.82. The number of imidazole rings is 1. The average molecular weight is 229 g/mol. The summed E-state index contributed by atoms with van der Waals surface area (Å²) in [4.78, 5) is 4.29. The van der Waals surface area contributed by atoms with Gasteiger partial charge in [-0.15, -0.1) is 0 Å².